The minimum atomic E-state index is -1.26. The summed E-state index contributed by atoms with van der Waals surface area (Å²) in [7, 11) is 0. The molecule has 0 amide bonds. The third-order valence-corrected chi connectivity index (χ3v) is 2.32. The van der Waals surface area contributed by atoms with E-state index in [1.54, 1.807) is 12.4 Å². The summed E-state index contributed by atoms with van der Waals surface area (Å²) in [5.74, 6) is -1.67. The number of aliphatic carboxylic acids is 2. The Morgan fingerprint density at radius 2 is 1.60 bits per heavy atom. The molecule has 20 heavy (non-hydrogen) atoms. The molecular formula is C12H16N4O4. The Morgan fingerprint density at radius 3 is 2.05 bits per heavy atom. The Labute approximate surface area is 115 Å². The SMILES string of the molecule is O=C(O)/C=C/C(=O)O.c1cnc(N2CCNCC2)nc1. The summed E-state index contributed by atoms with van der Waals surface area (Å²) in [5.41, 5.74) is 0. The zero-order valence-corrected chi connectivity index (χ0v) is 10.8. The van der Waals surface area contributed by atoms with Crippen LogP contribution in [0.1, 0.15) is 0 Å². The minimum absolute atomic E-state index is 0.558. The van der Waals surface area contributed by atoms with Gasteiger partial charge in [-0.2, -0.15) is 0 Å². The average molecular weight is 280 g/mol. The van der Waals surface area contributed by atoms with Crippen molar-refractivity contribution >= 4 is 17.9 Å². The predicted molar refractivity (Wildman–Crippen MR) is 71.5 cm³/mol. The number of carbonyl (C=O) groups is 2. The molecule has 2 heterocycles. The summed E-state index contributed by atoms with van der Waals surface area (Å²) in [6.07, 6.45) is 4.68. The molecule has 1 aromatic rings. The Kier molecular flexibility index (Phi) is 6.69. The summed E-state index contributed by atoms with van der Waals surface area (Å²) in [4.78, 5) is 29.7. The van der Waals surface area contributed by atoms with E-state index in [9.17, 15) is 9.59 Å². The quantitative estimate of drug-likeness (QED) is 0.640. The predicted octanol–water partition coefficient (Wildman–Crippen LogP) is -0.402. The van der Waals surface area contributed by atoms with Gasteiger partial charge in [-0.1, -0.05) is 0 Å². The number of anilines is 1. The maximum absolute atomic E-state index is 9.55. The second kappa shape index (κ2) is 8.59. The monoisotopic (exact) mass is 280 g/mol. The van der Waals surface area contributed by atoms with Crippen LogP contribution in [0.15, 0.2) is 30.6 Å². The van der Waals surface area contributed by atoms with Crippen LogP contribution in [0.25, 0.3) is 0 Å². The molecular weight excluding hydrogens is 264 g/mol. The summed E-state index contributed by atoms with van der Waals surface area (Å²) in [5, 5.41) is 18.9. The number of aromatic nitrogens is 2. The molecule has 3 N–H and O–H groups in total. The van der Waals surface area contributed by atoms with Crippen molar-refractivity contribution in [1.82, 2.24) is 15.3 Å². The summed E-state index contributed by atoms with van der Waals surface area (Å²) in [6.45, 7) is 4.06. The van der Waals surface area contributed by atoms with Crippen molar-refractivity contribution < 1.29 is 19.8 Å². The maximum Gasteiger partial charge on any atom is 0.328 e. The second-order valence-electron chi connectivity index (χ2n) is 3.80. The Bertz CT molecular complexity index is 442. The molecule has 1 saturated heterocycles. The Balaban J connectivity index is 0.000000221. The first-order chi connectivity index (χ1) is 9.59. The molecule has 0 radical (unpaired) electrons. The van der Waals surface area contributed by atoms with Crippen LogP contribution in [0.3, 0.4) is 0 Å². The van der Waals surface area contributed by atoms with Crippen molar-refractivity contribution in [3.63, 3.8) is 0 Å². The van der Waals surface area contributed by atoms with Gasteiger partial charge in [0, 0.05) is 50.7 Å². The molecule has 0 spiro atoms. The molecule has 1 aliphatic rings. The van der Waals surface area contributed by atoms with Gasteiger partial charge in [0.2, 0.25) is 5.95 Å². The third kappa shape index (κ3) is 6.45. The van der Waals surface area contributed by atoms with Crippen LogP contribution in [0, 0.1) is 0 Å². The molecule has 1 aromatic heterocycles. The highest BCUT2D eigenvalue weighted by atomic mass is 16.4. The highest BCUT2D eigenvalue weighted by Gasteiger charge is 2.11. The zero-order chi connectivity index (χ0) is 14.8. The van der Waals surface area contributed by atoms with E-state index in [1.807, 2.05) is 6.07 Å². The fraction of sp³-hybridized carbons (Fsp3) is 0.333. The van der Waals surface area contributed by atoms with Gasteiger partial charge in [0.15, 0.2) is 0 Å². The first kappa shape index (κ1) is 15.6. The van der Waals surface area contributed by atoms with Gasteiger partial charge < -0.3 is 20.4 Å². The van der Waals surface area contributed by atoms with Gasteiger partial charge in [0.1, 0.15) is 0 Å². The molecule has 1 fully saturated rings. The lowest BCUT2D eigenvalue weighted by Gasteiger charge is -2.26. The van der Waals surface area contributed by atoms with Gasteiger partial charge in [-0.25, -0.2) is 19.6 Å². The molecule has 2 rings (SSSR count). The Hall–Kier alpha value is -2.48. The molecule has 0 bridgehead atoms. The molecule has 0 aliphatic carbocycles. The zero-order valence-electron chi connectivity index (χ0n) is 10.8. The van der Waals surface area contributed by atoms with Crippen molar-refractivity contribution in [2.45, 2.75) is 0 Å². The van der Waals surface area contributed by atoms with Gasteiger partial charge in [0.05, 0.1) is 0 Å². The van der Waals surface area contributed by atoms with Gasteiger partial charge in [0.25, 0.3) is 0 Å². The lowest BCUT2D eigenvalue weighted by Crippen LogP contribution is -2.44. The smallest absolute Gasteiger partial charge is 0.328 e. The second-order valence-corrected chi connectivity index (χ2v) is 3.80. The Morgan fingerprint density at radius 1 is 1.10 bits per heavy atom. The maximum atomic E-state index is 9.55. The fourth-order valence-corrected chi connectivity index (χ4v) is 1.46. The normalized spacial score (nSPS) is 14.5. The van der Waals surface area contributed by atoms with Crippen molar-refractivity contribution in [2.75, 3.05) is 31.1 Å². The van der Waals surface area contributed by atoms with Gasteiger partial charge >= 0.3 is 11.9 Å². The van der Waals surface area contributed by atoms with Gasteiger partial charge in [-0.3, -0.25) is 0 Å². The minimum Gasteiger partial charge on any atom is -0.478 e. The van der Waals surface area contributed by atoms with Crippen LogP contribution in [0.4, 0.5) is 5.95 Å². The first-order valence-corrected chi connectivity index (χ1v) is 5.96. The molecule has 1 aliphatic heterocycles. The number of carboxylic acids is 2. The molecule has 8 nitrogen and oxygen atoms in total. The van der Waals surface area contributed by atoms with Crippen LogP contribution in [0.2, 0.25) is 0 Å². The summed E-state index contributed by atoms with van der Waals surface area (Å²) in [6, 6.07) is 1.84. The van der Waals surface area contributed by atoms with E-state index in [-0.39, 0.29) is 0 Å². The molecule has 108 valence electrons. The summed E-state index contributed by atoms with van der Waals surface area (Å²) >= 11 is 0. The van der Waals surface area contributed by atoms with Crippen LogP contribution >= 0.6 is 0 Å². The number of nitrogens with zero attached hydrogens (tertiary/aromatic N) is 3. The molecule has 8 heteroatoms. The van der Waals surface area contributed by atoms with Crippen molar-refractivity contribution in [1.29, 1.82) is 0 Å². The lowest BCUT2D eigenvalue weighted by atomic mass is 10.4. The van der Waals surface area contributed by atoms with E-state index >= 15 is 0 Å². The van der Waals surface area contributed by atoms with Crippen LogP contribution in [-0.2, 0) is 9.59 Å². The summed E-state index contributed by atoms with van der Waals surface area (Å²) < 4.78 is 0. The number of hydrogen-bond donors (Lipinski definition) is 3. The topological polar surface area (TPSA) is 116 Å². The van der Waals surface area contributed by atoms with Crippen LogP contribution < -0.4 is 10.2 Å². The third-order valence-electron chi connectivity index (χ3n) is 2.32. The molecule has 0 saturated carbocycles. The van der Waals surface area contributed by atoms with E-state index in [2.05, 4.69) is 20.2 Å². The highest BCUT2D eigenvalue weighted by Crippen LogP contribution is 2.04. The highest BCUT2D eigenvalue weighted by molar-refractivity contribution is 5.89. The number of piperazine rings is 1. The standard InChI is InChI=1S/C8H12N4.C4H4O4/c1-2-10-8(11-3-1)12-6-4-9-5-7-12;5-3(6)1-2-4(7)8/h1-3,9H,4-7H2;1-2H,(H,5,6)(H,7,8)/b;2-1+. The largest absolute Gasteiger partial charge is 0.478 e. The molecule has 0 aromatic carbocycles. The number of hydrogen-bond acceptors (Lipinski definition) is 6. The van der Waals surface area contributed by atoms with E-state index in [1.165, 1.54) is 0 Å². The fourth-order valence-electron chi connectivity index (χ4n) is 1.46. The van der Waals surface area contributed by atoms with E-state index < -0.39 is 11.9 Å². The molecule has 0 unspecified atom stereocenters. The van der Waals surface area contributed by atoms with E-state index in [0.29, 0.717) is 12.2 Å². The number of carboxylic acid groups (broad SMARTS) is 2. The van der Waals surface area contributed by atoms with E-state index in [0.717, 1.165) is 32.1 Å². The van der Waals surface area contributed by atoms with Crippen LogP contribution in [0.5, 0.6) is 0 Å². The van der Waals surface area contributed by atoms with Gasteiger partial charge in [-0.05, 0) is 6.07 Å². The van der Waals surface area contributed by atoms with Crippen molar-refractivity contribution in [2.24, 2.45) is 0 Å². The number of rotatable bonds is 3. The van der Waals surface area contributed by atoms with Crippen molar-refractivity contribution in [3.8, 4) is 0 Å². The average Bonchev–Trinajstić information content (AvgIpc) is 2.48. The van der Waals surface area contributed by atoms with Gasteiger partial charge in [-0.15, -0.1) is 0 Å². The van der Waals surface area contributed by atoms with Crippen molar-refractivity contribution in [3.05, 3.63) is 30.6 Å². The molecule has 0 atom stereocenters. The van der Waals surface area contributed by atoms with Crippen LogP contribution in [-0.4, -0.2) is 58.3 Å². The van der Waals surface area contributed by atoms with E-state index in [4.69, 9.17) is 10.2 Å². The first-order valence-electron chi connectivity index (χ1n) is 5.96. The number of nitrogens with one attached hydrogen (secondary N) is 1. The lowest BCUT2D eigenvalue weighted by molar-refractivity contribution is -0.134.